The Morgan fingerprint density at radius 3 is 2.47 bits per heavy atom. The zero-order chi connectivity index (χ0) is 14.0. The van der Waals surface area contributed by atoms with Crippen molar-refractivity contribution in [3.8, 4) is 0 Å². The van der Waals surface area contributed by atoms with Crippen LogP contribution in [0.5, 0.6) is 0 Å². The fourth-order valence-electron chi connectivity index (χ4n) is 1.50. The largest absolute Gasteiger partial charge is 0.399 e. The second-order valence-corrected chi connectivity index (χ2v) is 4.73. The Hall–Kier alpha value is -1.95. The van der Waals surface area contributed by atoms with Crippen LogP contribution in [-0.2, 0) is 0 Å². The summed E-state index contributed by atoms with van der Waals surface area (Å²) in [5.74, 6) is -2.10. The molecular formula is C13H9BrF2N2O. The van der Waals surface area contributed by atoms with Gasteiger partial charge in [-0.25, -0.2) is 8.78 Å². The summed E-state index contributed by atoms with van der Waals surface area (Å²) in [6, 6.07) is 7.83. The molecule has 2 rings (SSSR count). The van der Waals surface area contributed by atoms with Gasteiger partial charge in [0, 0.05) is 10.2 Å². The standard InChI is InChI=1S/C13H9BrF2N2O/c14-7-1-4-12(11(16)5-7)18-13(19)9-3-2-8(17)6-10(9)15/h1-6H,17H2,(H,18,19). The summed E-state index contributed by atoms with van der Waals surface area (Å²) in [5.41, 5.74) is 5.37. The van der Waals surface area contributed by atoms with Crippen molar-refractivity contribution in [1.29, 1.82) is 0 Å². The monoisotopic (exact) mass is 326 g/mol. The second-order valence-electron chi connectivity index (χ2n) is 3.82. The Morgan fingerprint density at radius 2 is 1.84 bits per heavy atom. The normalized spacial score (nSPS) is 10.3. The van der Waals surface area contributed by atoms with Crippen LogP contribution in [0, 0.1) is 11.6 Å². The van der Waals surface area contributed by atoms with Crippen molar-refractivity contribution in [2.45, 2.75) is 0 Å². The quantitative estimate of drug-likeness (QED) is 0.829. The van der Waals surface area contributed by atoms with Gasteiger partial charge in [-0.1, -0.05) is 15.9 Å². The van der Waals surface area contributed by atoms with E-state index in [1.54, 1.807) is 6.07 Å². The van der Waals surface area contributed by atoms with Crippen molar-refractivity contribution in [2.24, 2.45) is 0 Å². The van der Waals surface area contributed by atoms with E-state index in [0.29, 0.717) is 4.47 Å². The molecule has 0 aromatic heterocycles. The zero-order valence-electron chi connectivity index (χ0n) is 9.58. The molecule has 0 atom stereocenters. The molecule has 0 bridgehead atoms. The molecule has 0 aliphatic rings. The van der Waals surface area contributed by atoms with Crippen molar-refractivity contribution in [1.82, 2.24) is 0 Å². The van der Waals surface area contributed by atoms with Gasteiger partial charge in [-0.3, -0.25) is 4.79 Å². The fourth-order valence-corrected chi connectivity index (χ4v) is 1.83. The van der Waals surface area contributed by atoms with E-state index in [0.717, 1.165) is 6.07 Å². The molecule has 98 valence electrons. The molecule has 0 fully saturated rings. The lowest BCUT2D eigenvalue weighted by atomic mass is 10.1. The predicted molar refractivity (Wildman–Crippen MR) is 72.9 cm³/mol. The molecule has 1 amide bonds. The molecule has 2 aromatic rings. The van der Waals surface area contributed by atoms with Gasteiger partial charge in [0.1, 0.15) is 11.6 Å². The Balaban J connectivity index is 2.25. The smallest absolute Gasteiger partial charge is 0.258 e. The predicted octanol–water partition coefficient (Wildman–Crippen LogP) is 3.56. The number of rotatable bonds is 2. The summed E-state index contributed by atoms with van der Waals surface area (Å²) in [7, 11) is 0. The summed E-state index contributed by atoms with van der Waals surface area (Å²) in [6.07, 6.45) is 0. The van der Waals surface area contributed by atoms with Crippen molar-refractivity contribution < 1.29 is 13.6 Å². The van der Waals surface area contributed by atoms with Gasteiger partial charge in [0.15, 0.2) is 0 Å². The Kier molecular flexibility index (Phi) is 3.80. The van der Waals surface area contributed by atoms with Gasteiger partial charge >= 0.3 is 0 Å². The van der Waals surface area contributed by atoms with Crippen LogP contribution in [0.15, 0.2) is 40.9 Å². The molecule has 0 saturated heterocycles. The summed E-state index contributed by atoms with van der Waals surface area (Å²) in [5, 5.41) is 2.30. The average Bonchev–Trinajstić information content (AvgIpc) is 2.32. The summed E-state index contributed by atoms with van der Waals surface area (Å²) in [4.78, 5) is 11.8. The molecule has 3 N–H and O–H groups in total. The molecule has 0 heterocycles. The minimum atomic E-state index is -0.755. The molecule has 2 aromatic carbocycles. The SMILES string of the molecule is Nc1ccc(C(=O)Nc2ccc(Br)cc2F)c(F)c1. The van der Waals surface area contributed by atoms with E-state index in [-0.39, 0.29) is 16.9 Å². The van der Waals surface area contributed by atoms with Crippen molar-refractivity contribution in [2.75, 3.05) is 11.1 Å². The van der Waals surface area contributed by atoms with E-state index in [1.807, 2.05) is 0 Å². The Labute approximate surface area is 116 Å². The first-order valence-electron chi connectivity index (χ1n) is 5.29. The molecule has 0 saturated carbocycles. The van der Waals surface area contributed by atoms with E-state index >= 15 is 0 Å². The molecule has 19 heavy (non-hydrogen) atoms. The molecule has 3 nitrogen and oxygen atoms in total. The van der Waals surface area contributed by atoms with Crippen LogP contribution in [-0.4, -0.2) is 5.91 Å². The van der Waals surface area contributed by atoms with E-state index in [2.05, 4.69) is 21.2 Å². The van der Waals surface area contributed by atoms with Gasteiger partial charge in [0.2, 0.25) is 0 Å². The first kappa shape index (κ1) is 13.5. The molecule has 0 aliphatic heterocycles. The Bertz CT molecular complexity index is 647. The van der Waals surface area contributed by atoms with Gasteiger partial charge in [0.25, 0.3) is 5.91 Å². The van der Waals surface area contributed by atoms with Gasteiger partial charge in [-0.05, 0) is 36.4 Å². The number of nitrogens with one attached hydrogen (secondary N) is 1. The third kappa shape index (κ3) is 3.08. The maximum atomic E-state index is 13.5. The number of hydrogen-bond donors (Lipinski definition) is 2. The molecule has 0 spiro atoms. The second kappa shape index (κ2) is 5.36. The number of amides is 1. The van der Waals surface area contributed by atoms with Gasteiger partial charge < -0.3 is 11.1 Å². The fraction of sp³-hybridized carbons (Fsp3) is 0. The van der Waals surface area contributed by atoms with Gasteiger partial charge in [-0.15, -0.1) is 0 Å². The third-order valence-electron chi connectivity index (χ3n) is 2.42. The summed E-state index contributed by atoms with van der Waals surface area (Å²) < 4.78 is 27.6. The highest BCUT2D eigenvalue weighted by molar-refractivity contribution is 9.10. The Morgan fingerprint density at radius 1 is 1.11 bits per heavy atom. The van der Waals surface area contributed by atoms with Crippen molar-refractivity contribution in [3.05, 3.63) is 58.1 Å². The highest BCUT2D eigenvalue weighted by Crippen LogP contribution is 2.21. The maximum absolute atomic E-state index is 13.5. The molecule has 6 heteroatoms. The maximum Gasteiger partial charge on any atom is 0.258 e. The first-order valence-corrected chi connectivity index (χ1v) is 6.08. The highest BCUT2D eigenvalue weighted by atomic mass is 79.9. The van der Waals surface area contributed by atoms with Crippen LogP contribution < -0.4 is 11.1 Å². The van der Waals surface area contributed by atoms with Crippen molar-refractivity contribution >= 4 is 33.2 Å². The number of nitrogen functional groups attached to an aromatic ring is 1. The topological polar surface area (TPSA) is 55.1 Å². The lowest BCUT2D eigenvalue weighted by Crippen LogP contribution is -2.14. The van der Waals surface area contributed by atoms with Crippen molar-refractivity contribution in [3.63, 3.8) is 0 Å². The molecule has 0 aliphatic carbocycles. The molecular weight excluding hydrogens is 318 g/mol. The minimum absolute atomic E-state index is 0.0237. The number of anilines is 2. The van der Waals surface area contributed by atoms with Crippen LogP contribution in [0.1, 0.15) is 10.4 Å². The first-order chi connectivity index (χ1) is 8.97. The third-order valence-corrected chi connectivity index (χ3v) is 2.91. The van der Waals surface area contributed by atoms with E-state index in [9.17, 15) is 13.6 Å². The van der Waals surface area contributed by atoms with Gasteiger partial charge in [-0.2, -0.15) is 0 Å². The van der Waals surface area contributed by atoms with Crippen LogP contribution in [0.25, 0.3) is 0 Å². The number of benzene rings is 2. The van der Waals surface area contributed by atoms with Crippen LogP contribution in [0.4, 0.5) is 20.2 Å². The van der Waals surface area contributed by atoms with E-state index in [4.69, 9.17) is 5.73 Å². The summed E-state index contributed by atoms with van der Waals surface area (Å²) >= 11 is 3.10. The van der Waals surface area contributed by atoms with Crippen LogP contribution in [0.3, 0.4) is 0 Å². The average molecular weight is 327 g/mol. The van der Waals surface area contributed by atoms with E-state index < -0.39 is 17.5 Å². The van der Waals surface area contributed by atoms with Crippen LogP contribution in [0.2, 0.25) is 0 Å². The zero-order valence-corrected chi connectivity index (χ0v) is 11.2. The number of carbonyl (C=O) groups excluding carboxylic acids is 1. The van der Waals surface area contributed by atoms with Crippen LogP contribution >= 0.6 is 15.9 Å². The number of halogens is 3. The number of carbonyl (C=O) groups is 1. The highest BCUT2D eigenvalue weighted by Gasteiger charge is 2.13. The van der Waals surface area contributed by atoms with Gasteiger partial charge in [0.05, 0.1) is 11.3 Å². The molecule has 0 radical (unpaired) electrons. The summed E-state index contributed by atoms with van der Waals surface area (Å²) in [6.45, 7) is 0. The number of hydrogen-bond acceptors (Lipinski definition) is 2. The minimum Gasteiger partial charge on any atom is -0.399 e. The lowest BCUT2D eigenvalue weighted by Gasteiger charge is -2.07. The number of nitrogens with two attached hydrogens (primary N) is 1. The lowest BCUT2D eigenvalue weighted by molar-refractivity contribution is 0.102. The van der Waals surface area contributed by atoms with E-state index in [1.165, 1.54) is 24.3 Å². The molecule has 0 unspecified atom stereocenters.